The van der Waals surface area contributed by atoms with E-state index in [1.165, 1.54) is 212 Å². The fourth-order valence-corrected chi connectivity index (χ4v) is 13.1. The van der Waals surface area contributed by atoms with E-state index < -0.39 is 97.5 Å². The Bertz CT molecular complexity index is 1810. The molecule has 0 radical (unpaired) electrons. The Hall–Kier alpha value is -1.94. The molecular weight excluding hydrogens is 1230 g/mol. The maximum Gasteiger partial charge on any atom is 0.472 e. The molecule has 0 saturated carbocycles. The molecular formula is C75H146O17P2. The zero-order valence-corrected chi connectivity index (χ0v) is 62.9. The van der Waals surface area contributed by atoms with Gasteiger partial charge in [0.15, 0.2) is 12.2 Å². The van der Waals surface area contributed by atoms with Gasteiger partial charge in [-0.05, 0) is 31.6 Å². The minimum Gasteiger partial charge on any atom is -0.462 e. The number of aliphatic hydroxyl groups is 1. The van der Waals surface area contributed by atoms with Gasteiger partial charge in [0.1, 0.15) is 19.3 Å². The number of aliphatic hydroxyl groups excluding tert-OH is 1. The van der Waals surface area contributed by atoms with Crippen molar-refractivity contribution < 1.29 is 80.2 Å². The fraction of sp³-hybridized carbons (Fsp3) is 0.947. The summed E-state index contributed by atoms with van der Waals surface area (Å²) in [5.41, 5.74) is 0. The lowest BCUT2D eigenvalue weighted by Gasteiger charge is -2.21. The average Bonchev–Trinajstić information content (AvgIpc) is 2.12. The number of rotatable bonds is 75. The number of unbranched alkanes of at least 4 members (excludes halogenated alkanes) is 46. The summed E-state index contributed by atoms with van der Waals surface area (Å²) >= 11 is 0. The molecule has 0 bridgehead atoms. The molecule has 0 rings (SSSR count). The fourth-order valence-electron chi connectivity index (χ4n) is 11.5. The number of carbonyl (C=O) groups excluding carboxylic acids is 4. The monoisotopic (exact) mass is 1380 g/mol. The van der Waals surface area contributed by atoms with Gasteiger partial charge in [0.2, 0.25) is 0 Å². The van der Waals surface area contributed by atoms with Gasteiger partial charge in [0.05, 0.1) is 26.4 Å². The van der Waals surface area contributed by atoms with Crippen molar-refractivity contribution >= 4 is 39.5 Å². The molecule has 3 N–H and O–H groups in total. The number of carbonyl (C=O) groups is 4. The van der Waals surface area contributed by atoms with Gasteiger partial charge in [-0.3, -0.25) is 37.3 Å². The molecule has 558 valence electrons. The van der Waals surface area contributed by atoms with Gasteiger partial charge in [0.25, 0.3) is 0 Å². The van der Waals surface area contributed by atoms with Gasteiger partial charge >= 0.3 is 39.5 Å². The van der Waals surface area contributed by atoms with Gasteiger partial charge in [-0.15, -0.1) is 0 Å². The molecule has 0 saturated heterocycles. The van der Waals surface area contributed by atoms with Crippen LogP contribution in [0.25, 0.3) is 0 Å². The largest absolute Gasteiger partial charge is 0.472 e. The molecule has 17 nitrogen and oxygen atoms in total. The molecule has 19 heteroatoms. The highest BCUT2D eigenvalue weighted by atomic mass is 31.2. The van der Waals surface area contributed by atoms with Crippen LogP contribution in [-0.2, 0) is 65.4 Å². The summed E-state index contributed by atoms with van der Waals surface area (Å²) in [5, 5.41) is 10.6. The van der Waals surface area contributed by atoms with Gasteiger partial charge in [-0.1, -0.05) is 343 Å². The Morgan fingerprint density at radius 1 is 0.298 bits per heavy atom. The first-order valence-corrected chi connectivity index (χ1v) is 42.2. The first-order chi connectivity index (χ1) is 45.6. The normalized spacial score (nSPS) is 14.3. The molecule has 3 unspecified atom stereocenters. The van der Waals surface area contributed by atoms with Crippen LogP contribution < -0.4 is 0 Å². The van der Waals surface area contributed by atoms with Crippen molar-refractivity contribution in [2.75, 3.05) is 39.6 Å². The Labute approximate surface area is 575 Å². The number of hydrogen-bond donors (Lipinski definition) is 3. The number of phosphoric ester groups is 2. The first kappa shape index (κ1) is 92.1. The third-order valence-electron chi connectivity index (χ3n) is 17.9. The Morgan fingerprint density at radius 2 is 0.511 bits per heavy atom. The Balaban J connectivity index is 5.15. The highest BCUT2D eigenvalue weighted by Gasteiger charge is 2.30. The van der Waals surface area contributed by atoms with Crippen molar-refractivity contribution in [3.8, 4) is 0 Å². The molecule has 94 heavy (non-hydrogen) atoms. The van der Waals surface area contributed by atoms with E-state index in [0.29, 0.717) is 25.7 Å². The molecule has 0 aliphatic rings. The van der Waals surface area contributed by atoms with E-state index in [4.69, 9.17) is 37.0 Å². The van der Waals surface area contributed by atoms with E-state index >= 15 is 0 Å². The molecule has 0 aromatic carbocycles. The maximum atomic E-state index is 13.1. The van der Waals surface area contributed by atoms with Crippen LogP contribution >= 0.6 is 15.6 Å². The van der Waals surface area contributed by atoms with Crippen molar-refractivity contribution in [3.05, 3.63) is 0 Å². The van der Waals surface area contributed by atoms with Crippen molar-refractivity contribution in [3.63, 3.8) is 0 Å². The third kappa shape index (κ3) is 67.3. The summed E-state index contributed by atoms with van der Waals surface area (Å²) in [6.45, 7) is 7.20. The van der Waals surface area contributed by atoms with E-state index in [-0.39, 0.29) is 25.7 Å². The van der Waals surface area contributed by atoms with Crippen LogP contribution in [0.3, 0.4) is 0 Å². The zero-order valence-electron chi connectivity index (χ0n) is 61.1. The van der Waals surface area contributed by atoms with E-state index in [0.717, 1.165) is 102 Å². The molecule has 0 aliphatic heterocycles. The molecule has 0 aromatic rings. The number of esters is 4. The van der Waals surface area contributed by atoms with Gasteiger partial charge in [-0.2, -0.15) is 0 Å². The summed E-state index contributed by atoms with van der Waals surface area (Å²) in [4.78, 5) is 72.6. The van der Waals surface area contributed by atoms with E-state index in [2.05, 4.69) is 34.6 Å². The lowest BCUT2D eigenvalue weighted by Crippen LogP contribution is -2.30. The second-order valence-corrected chi connectivity index (χ2v) is 30.2. The molecule has 6 atom stereocenters. The number of phosphoric acid groups is 2. The van der Waals surface area contributed by atoms with Gasteiger partial charge in [0, 0.05) is 25.7 Å². The van der Waals surface area contributed by atoms with Crippen LogP contribution in [0, 0.1) is 5.92 Å². The average molecular weight is 1380 g/mol. The predicted molar refractivity (Wildman–Crippen MR) is 382 cm³/mol. The zero-order chi connectivity index (χ0) is 69.1. The molecule has 0 amide bonds. The summed E-state index contributed by atoms with van der Waals surface area (Å²) in [6, 6.07) is 0. The van der Waals surface area contributed by atoms with Crippen molar-refractivity contribution in [2.24, 2.45) is 5.92 Å². The summed E-state index contributed by atoms with van der Waals surface area (Å²) in [7, 11) is -9.90. The Kier molecular flexibility index (Phi) is 66.8. The lowest BCUT2D eigenvalue weighted by molar-refractivity contribution is -0.161. The highest BCUT2D eigenvalue weighted by molar-refractivity contribution is 7.47. The topological polar surface area (TPSA) is 237 Å². The van der Waals surface area contributed by atoms with Crippen molar-refractivity contribution in [1.82, 2.24) is 0 Å². The van der Waals surface area contributed by atoms with Crippen LogP contribution in [-0.4, -0.2) is 96.7 Å². The lowest BCUT2D eigenvalue weighted by atomic mass is 10.00. The molecule has 0 spiro atoms. The summed E-state index contributed by atoms with van der Waals surface area (Å²) < 4.78 is 68.4. The van der Waals surface area contributed by atoms with Gasteiger partial charge in [-0.25, -0.2) is 9.13 Å². The second kappa shape index (κ2) is 68.2. The molecule has 0 aliphatic carbocycles. The SMILES string of the molecule is CCCCCCCCCCCCCCCCCCCCCCCCC(=O)O[C@H](COC(=O)CCCCCCCCCCCCCCCC)COP(=O)(O)OC[C@@H](O)COP(=O)(O)OC[C@@H](COC(=O)CCCCCCCCCC)OC(=O)CCCCCCCCC(C)CC. The number of ether oxygens (including phenoxy) is 4. The van der Waals surface area contributed by atoms with Crippen molar-refractivity contribution in [1.29, 1.82) is 0 Å². The molecule has 0 heterocycles. The van der Waals surface area contributed by atoms with Crippen molar-refractivity contribution in [2.45, 2.75) is 412 Å². The van der Waals surface area contributed by atoms with E-state index in [1.807, 2.05) is 0 Å². The van der Waals surface area contributed by atoms with E-state index in [9.17, 15) is 43.2 Å². The maximum absolute atomic E-state index is 13.1. The standard InChI is InChI=1S/C75H146O17P2/c1-6-10-13-16-19-22-24-26-28-29-30-31-32-33-34-35-37-39-41-44-50-55-60-74(79)91-70(64-86-73(78)59-54-49-43-40-38-36-27-25-23-20-17-14-11-7-2)66-89-93(81,82)87-62-69(76)63-88-94(83,84)90-67-71(65-85-72(77)58-53-48-42-21-18-15-12-8-3)92-75(80)61-56-51-46-45-47-52-57-68(5)9-4/h68-71,76H,6-67H2,1-5H3,(H,81,82)(H,83,84)/t68?,69-,70-,71-/m1/s1. The summed E-state index contributed by atoms with van der Waals surface area (Å²) in [5.74, 6) is -1.40. The van der Waals surface area contributed by atoms with Crippen LogP contribution in [0.2, 0.25) is 0 Å². The summed E-state index contributed by atoms with van der Waals surface area (Å²) in [6.07, 6.45) is 57.2. The second-order valence-electron chi connectivity index (χ2n) is 27.3. The minimum absolute atomic E-state index is 0.103. The quantitative estimate of drug-likeness (QED) is 0.0222. The minimum atomic E-state index is -4.95. The van der Waals surface area contributed by atoms with Crippen LogP contribution in [0.1, 0.15) is 394 Å². The molecule has 0 aromatic heterocycles. The highest BCUT2D eigenvalue weighted by Crippen LogP contribution is 2.45. The number of hydrogen-bond acceptors (Lipinski definition) is 15. The third-order valence-corrected chi connectivity index (χ3v) is 19.8. The Morgan fingerprint density at radius 3 is 0.755 bits per heavy atom. The van der Waals surface area contributed by atoms with Crippen LogP contribution in [0.5, 0.6) is 0 Å². The van der Waals surface area contributed by atoms with E-state index in [1.54, 1.807) is 0 Å². The van der Waals surface area contributed by atoms with Gasteiger partial charge < -0.3 is 33.8 Å². The van der Waals surface area contributed by atoms with Crippen LogP contribution in [0.15, 0.2) is 0 Å². The predicted octanol–water partition coefficient (Wildman–Crippen LogP) is 22.1. The molecule has 0 fully saturated rings. The smallest absolute Gasteiger partial charge is 0.462 e. The van der Waals surface area contributed by atoms with Crippen LogP contribution in [0.4, 0.5) is 0 Å². The first-order valence-electron chi connectivity index (χ1n) is 39.2.